The molecule has 2 aromatic rings. The molecule has 26 heavy (non-hydrogen) atoms. The molecule has 2 aliphatic rings. The highest BCUT2D eigenvalue weighted by atomic mass is 16.2. The van der Waals surface area contributed by atoms with Gasteiger partial charge in [0.15, 0.2) is 0 Å². The van der Waals surface area contributed by atoms with Gasteiger partial charge >= 0.3 is 0 Å². The number of amides is 2. The van der Waals surface area contributed by atoms with Crippen molar-refractivity contribution in [3.8, 4) is 0 Å². The molecule has 2 amide bonds. The fourth-order valence-corrected chi connectivity index (χ4v) is 4.46. The molecule has 0 radical (unpaired) electrons. The van der Waals surface area contributed by atoms with Crippen molar-refractivity contribution in [1.82, 2.24) is 4.90 Å². The first-order valence-electron chi connectivity index (χ1n) is 9.31. The molecule has 0 N–H and O–H groups in total. The van der Waals surface area contributed by atoms with Crippen LogP contribution in [-0.4, -0.2) is 29.3 Å². The van der Waals surface area contributed by atoms with Crippen LogP contribution in [0, 0.1) is 0 Å². The van der Waals surface area contributed by atoms with Gasteiger partial charge in [0.2, 0.25) is 11.8 Å². The monoisotopic (exact) mass is 348 g/mol. The zero-order valence-corrected chi connectivity index (χ0v) is 15.3. The number of fused-ring (bicyclic) bond motifs is 2. The molecule has 0 saturated heterocycles. The maximum atomic E-state index is 13.3. The van der Waals surface area contributed by atoms with E-state index in [1.807, 2.05) is 40.1 Å². The van der Waals surface area contributed by atoms with E-state index in [-0.39, 0.29) is 23.9 Å². The molecule has 0 bridgehead atoms. The Bertz CT molecular complexity index is 861. The van der Waals surface area contributed by atoms with Crippen LogP contribution in [0.15, 0.2) is 48.5 Å². The number of benzene rings is 2. The number of carbonyl (C=O) groups is 2. The van der Waals surface area contributed by atoms with Crippen molar-refractivity contribution >= 4 is 17.5 Å². The van der Waals surface area contributed by atoms with Gasteiger partial charge in [-0.05, 0) is 42.5 Å². The summed E-state index contributed by atoms with van der Waals surface area (Å²) < 4.78 is 0. The number of nitrogens with zero attached hydrogens (tertiary/aromatic N) is 2. The van der Waals surface area contributed by atoms with E-state index in [2.05, 4.69) is 25.1 Å². The van der Waals surface area contributed by atoms with E-state index in [1.54, 1.807) is 6.92 Å². The van der Waals surface area contributed by atoms with Crippen molar-refractivity contribution < 1.29 is 9.59 Å². The van der Waals surface area contributed by atoms with E-state index in [0.29, 0.717) is 13.0 Å². The minimum atomic E-state index is -0.176. The average Bonchev–Trinajstić information content (AvgIpc) is 2.97. The Morgan fingerprint density at radius 1 is 1.04 bits per heavy atom. The van der Waals surface area contributed by atoms with Crippen molar-refractivity contribution in [3.63, 3.8) is 0 Å². The summed E-state index contributed by atoms with van der Waals surface area (Å²) in [5, 5.41) is 0. The topological polar surface area (TPSA) is 40.6 Å². The molecule has 0 fully saturated rings. The van der Waals surface area contributed by atoms with E-state index >= 15 is 0 Å². The van der Waals surface area contributed by atoms with Gasteiger partial charge in [0, 0.05) is 25.2 Å². The first kappa shape index (κ1) is 16.8. The van der Waals surface area contributed by atoms with E-state index < -0.39 is 0 Å². The molecule has 0 saturated carbocycles. The molecule has 2 atom stereocenters. The van der Waals surface area contributed by atoms with Crippen molar-refractivity contribution in [2.75, 3.05) is 11.4 Å². The predicted octanol–water partition coefficient (Wildman–Crippen LogP) is 3.50. The van der Waals surface area contributed by atoms with Crippen LogP contribution in [0.2, 0.25) is 0 Å². The summed E-state index contributed by atoms with van der Waals surface area (Å²) >= 11 is 0. The van der Waals surface area contributed by atoms with Gasteiger partial charge in [0.25, 0.3) is 0 Å². The van der Waals surface area contributed by atoms with Crippen LogP contribution in [0.4, 0.5) is 5.69 Å². The Hall–Kier alpha value is -2.62. The van der Waals surface area contributed by atoms with Gasteiger partial charge in [0.05, 0.1) is 12.5 Å². The molecule has 2 aliphatic heterocycles. The third kappa shape index (κ3) is 2.79. The molecular formula is C22H24N2O2. The van der Waals surface area contributed by atoms with Crippen LogP contribution in [0.1, 0.15) is 43.0 Å². The largest absolute Gasteiger partial charge is 0.335 e. The lowest BCUT2D eigenvalue weighted by atomic mass is 9.90. The lowest BCUT2D eigenvalue weighted by Crippen LogP contribution is -2.43. The second-order valence-electron chi connectivity index (χ2n) is 7.33. The molecule has 0 spiro atoms. The third-order valence-electron chi connectivity index (χ3n) is 5.66. The maximum absolute atomic E-state index is 13.3. The Morgan fingerprint density at radius 3 is 2.50 bits per heavy atom. The first-order chi connectivity index (χ1) is 12.6. The fraction of sp³-hybridized carbons (Fsp3) is 0.364. The highest BCUT2D eigenvalue weighted by Crippen LogP contribution is 2.36. The standard InChI is InChI=1S/C22H24N2O2/c1-15-13-18-8-4-6-10-20(18)24(15)22(26)14-21-19-9-5-3-7-17(19)11-12-23(21)16(2)25/h3-10,15,21H,11-14H2,1-2H3. The van der Waals surface area contributed by atoms with Crippen LogP contribution in [-0.2, 0) is 22.4 Å². The molecule has 4 heteroatoms. The summed E-state index contributed by atoms with van der Waals surface area (Å²) in [5.41, 5.74) is 4.60. The quantitative estimate of drug-likeness (QED) is 0.833. The smallest absolute Gasteiger partial charge is 0.229 e. The van der Waals surface area contributed by atoms with Crippen molar-refractivity contribution in [2.45, 2.75) is 45.2 Å². The Balaban J connectivity index is 1.65. The molecule has 0 aromatic heterocycles. The summed E-state index contributed by atoms with van der Waals surface area (Å²) in [4.78, 5) is 29.2. The summed E-state index contributed by atoms with van der Waals surface area (Å²) in [5.74, 6) is 0.127. The zero-order chi connectivity index (χ0) is 18.3. The normalized spacial score (nSPS) is 21.3. The molecule has 2 heterocycles. The van der Waals surface area contributed by atoms with Crippen LogP contribution >= 0.6 is 0 Å². The van der Waals surface area contributed by atoms with Crippen molar-refractivity contribution in [2.24, 2.45) is 0 Å². The summed E-state index contributed by atoms with van der Waals surface area (Å²) in [6.45, 7) is 4.37. The maximum Gasteiger partial charge on any atom is 0.229 e. The molecule has 4 nitrogen and oxygen atoms in total. The van der Waals surface area contributed by atoms with Gasteiger partial charge in [-0.3, -0.25) is 9.59 Å². The van der Waals surface area contributed by atoms with Gasteiger partial charge in [-0.25, -0.2) is 0 Å². The first-order valence-corrected chi connectivity index (χ1v) is 9.31. The second-order valence-corrected chi connectivity index (χ2v) is 7.33. The average molecular weight is 348 g/mol. The number of anilines is 1. The minimum Gasteiger partial charge on any atom is -0.335 e. The summed E-state index contributed by atoms with van der Waals surface area (Å²) in [6.07, 6.45) is 2.07. The Labute approximate surface area is 154 Å². The summed E-state index contributed by atoms with van der Waals surface area (Å²) in [6, 6.07) is 16.3. The SMILES string of the molecule is CC(=O)N1CCc2ccccc2C1CC(=O)N1c2ccccc2CC1C. The molecule has 2 unspecified atom stereocenters. The second kappa shape index (κ2) is 6.60. The van der Waals surface area contributed by atoms with Crippen LogP contribution in [0.3, 0.4) is 0 Å². The van der Waals surface area contributed by atoms with Crippen LogP contribution in [0.25, 0.3) is 0 Å². The molecule has 0 aliphatic carbocycles. The molecular weight excluding hydrogens is 324 g/mol. The van der Waals surface area contributed by atoms with Crippen LogP contribution in [0.5, 0.6) is 0 Å². The van der Waals surface area contributed by atoms with E-state index in [4.69, 9.17) is 0 Å². The zero-order valence-electron chi connectivity index (χ0n) is 15.3. The van der Waals surface area contributed by atoms with E-state index in [0.717, 1.165) is 24.1 Å². The lowest BCUT2D eigenvalue weighted by molar-refractivity contribution is -0.133. The molecule has 134 valence electrons. The third-order valence-corrected chi connectivity index (χ3v) is 5.66. The van der Waals surface area contributed by atoms with E-state index in [9.17, 15) is 9.59 Å². The van der Waals surface area contributed by atoms with Gasteiger partial charge in [-0.1, -0.05) is 42.5 Å². The molecule has 4 rings (SSSR count). The number of para-hydroxylation sites is 1. The van der Waals surface area contributed by atoms with Gasteiger partial charge in [-0.15, -0.1) is 0 Å². The minimum absolute atomic E-state index is 0.0344. The van der Waals surface area contributed by atoms with Crippen molar-refractivity contribution in [3.05, 3.63) is 65.2 Å². The highest BCUT2D eigenvalue weighted by Gasteiger charge is 2.35. The number of hydrogen-bond donors (Lipinski definition) is 0. The van der Waals surface area contributed by atoms with Gasteiger partial charge in [-0.2, -0.15) is 0 Å². The summed E-state index contributed by atoms with van der Waals surface area (Å²) in [7, 11) is 0. The number of rotatable bonds is 2. The van der Waals surface area contributed by atoms with E-state index in [1.165, 1.54) is 11.1 Å². The Morgan fingerprint density at radius 2 is 1.73 bits per heavy atom. The Kier molecular flexibility index (Phi) is 4.27. The number of hydrogen-bond acceptors (Lipinski definition) is 2. The predicted molar refractivity (Wildman–Crippen MR) is 102 cm³/mol. The highest BCUT2D eigenvalue weighted by molar-refractivity contribution is 5.96. The lowest BCUT2D eigenvalue weighted by Gasteiger charge is -2.37. The van der Waals surface area contributed by atoms with Crippen LogP contribution < -0.4 is 4.90 Å². The number of carbonyl (C=O) groups excluding carboxylic acids is 2. The molecule has 2 aromatic carbocycles. The van der Waals surface area contributed by atoms with Crippen molar-refractivity contribution in [1.29, 1.82) is 0 Å². The van der Waals surface area contributed by atoms with Gasteiger partial charge < -0.3 is 9.80 Å². The fourth-order valence-electron chi connectivity index (χ4n) is 4.46. The van der Waals surface area contributed by atoms with Gasteiger partial charge in [0.1, 0.15) is 0 Å².